The van der Waals surface area contributed by atoms with Crippen molar-refractivity contribution in [1.82, 2.24) is 10.2 Å². The molecule has 2 atom stereocenters. The van der Waals surface area contributed by atoms with Gasteiger partial charge in [-0.2, -0.15) is 0 Å². The predicted molar refractivity (Wildman–Crippen MR) is 110 cm³/mol. The summed E-state index contributed by atoms with van der Waals surface area (Å²) in [6.07, 6.45) is -2.26. The zero-order chi connectivity index (χ0) is 23.5. The summed E-state index contributed by atoms with van der Waals surface area (Å²) < 4.78 is 54.5. The van der Waals surface area contributed by atoms with Gasteiger partial charge in [0.05, 0.1) is 0 Å². The Morgan fingerprint density at radius 1 is 1.09 bits per heavy atom. The maximum atomic E-state index is 14.0. The third kappa shape index (κ3) is 5.77. The number of benzene rings is 2. The molecule has 2 amide bonds. The lowest BCUT2D eigenvalue weighted by Crippen LogP contribution is -2.38. The van der Waals surface area contributed by atoms with Crippen LogP contribution in [-0.4, -0.2) is 42.2 Å². The third-order valence-corrected chi connectivity index (χ3v) is 5.58. The minimum Gasteiger partial charge on any atom is -0.403 e. The minimum absolute atomic E-state index is 0.00495. The second kappa shape index (κ2) is 9.58. The van der Waals surface area contributed by atoms with Gasteiger partial charge in [0.2, 0.25) is 5.91 Å². The van der Waals surface area contributed by atoms with Gasteiger partial charge in [0.15, 0.2) is 11.6 Å². The summed E-state index contributed by atoms with van der Waals surface area (Å²) in [5.41, 5.74) is 1.34. The molecule has 0 heterocycles. The van der Waals surface area contributed by atoms with Crippen molar-refractivity contribution in [2.24, 2.45) is 0 Å². The van der Waals surface area contributed by atoms with E-state index in [1.54, 1.807) is 43.1 Å². The topological polar surface area (TPSA) is 58.6 Å². The normalized spacial score (nSPS) is 18.3. The number of nitrogens with zero attached hydrogens (tertiary/aromatic N) is 1. The van der Waals surface area contributed by atoms with Crippen molar-refractivity contribution in [1.29, 1.82) is 0 Å². The van der Waals surface area contributed by atoms with Crippen LogP contribution in [0.5, 0.6) is 5.75 Å². The van der Waals surface area contributed by atoms with E-state index in [2.05, 4.69) is 10.1 Å². The van der Waals surface area contributed by atoms with Crippen LogP contribution in [0.4, 0.5) is 17.6 Å². The molecular formula is C23H24F4N2O3. The number of nitrogens with one attached hydrogen (secondary N) is 1. The first-order valence-corrected chi connectivity index (χ1v) is 10.3. The molecule has 0 aliphatic heterocycles. The molecule has 2 aromatic carbocycles. The molecule has 1 aliphatic rings. The van der Waals surface area contributed by atoms with E-state index in [1.807, 2.05) is 0 Å². The van der Waals surface area contributed by atoms with E-state index in [0.29, 0.717) is 29.5 Å². The number of halogens is 4. The fourth-order valence-corrected chi connectivity index (χ4v) is 3.83. The predicted octanol–water partition coefficient (Wildman–Crippen LogP) is 4.91. The quantitative estimate of drug-likeness (QED) is 0.634. The van der Waals surface area contributed by atoms with Gasteiger partial charge in [-0.3, -0.25) is 9.59 Å². The van der Waals surface area contributed by atoms with Crippen LogP contribution in [0.25, 0.3) is 11.1 Å². The SMILES string of the molecule is CCC(=O)N[C@H]1CC[C@@H](N(C)C(=O)c2ccc(-c3ccc(OC(F)(F)F)c(F)c3)cc2)C1. The molecule has 1 aliphatic carbocycles. The molecule has 3 rings (SSSR count). The van der Waals surface area contributed by atoms with Crippen molar-refractivity contribution in [3.8, 4) is 16.9 Å². The van der Waals surface area contributed by atoms with Crippen LogP contribution in [0.3, 0.4) is 0 Å². The molecule has 1 N–H and O–H groups in total. The summed E-state index contributed by atoms with van der Waals surface area (Å²) in [6, 6.07) is 9.67. The number of ether oxygens (including phenoxy) is 1. The fourth-order valence-electron chi connectivity index (χ4n) is 3.83. The molecule has 1 fully saturated rings. The van der Waals surface area contributed by atoms with Gasteiger partial charge in [0, 0.05) is 31.1 Å². The van der Waals surface area contributed by atoms with E-state index in [9.17, 15) is 27.2 Å². The van der Waals surface area contributed by atoms with Crippen molar-refractivity contribution in [2.45, 2.75) is 51.1 Å². The van der Waals surface area contributed by atoms with Gasteiger partial charge in [-0.25, -0.2) is 4.39 Å². The van der Waals surface area contributed by atoms with Crippen LogP contribution in [-0.2, 0) is 4.79 Å². The van der Waals surface area contributed by atoms with E-state index < -0.39 is 17.9 Å². The monoisotopic (exact) mass is 452 g/mol. The Hall–Kier alpha value is -3.10. The van der Waals surface area contributed by atoms with E-state index in [4.69, 9.17) is 0 Å². The van der Waals surface area contributed by atoms with Crippen molar-refractivity contribution >= 4 is 11.8 Å². The molecule has 0 aromatic heterocycles. The Balaban J connectivity index is 1.66. The molecule has 2 aromatic rings. The molecule has 1 saturated carbocycles. The van der Waals surface area contributed by atoms with Gasteiger partial charge in [-0.1, -0.05) is 25.1 Å². The van der Waals surface area contributed by atoms with E-state index in [1.165, 1.54) is 6.07 Å². The van der Waals surface area contributed by atoms with Crippen molar-refractivity contribution < 1.29 is 31.9 Å². The molecule has 0 unspecified atom stereocenters. The Morgan fingerprint density at radius 2 is 1.75 bits per heavy atom. The summed E-state index contributed by atoms with van der Waals surface area (Å²) >= 11 is 0. The first-order valence-electron chi connectivity index (χ1n) is 10.3. The summed E-state index contributed by atoms with van der Waals surface area (Å²) in [5.74, 6) is -2.22. The first kappa shape index (κ1) is 23.6. The third-order valence-electron chi connectivity index (χ3n) is 5.58. The summed E-state index contributed by atoms with van der Waals surface area (Å²) in [6.45, 7) is 1.79. The molecular weight excluding hydrogens is 428 g/mol. The van der Waals surface area contributed by atoms with Gasteiger partial charge in [0.1, 0.15) is 0 Å². The van der Waals surface area contributed by atoms with Crippen LogP contribution in [0.2, 0.25) is 0 Å². The lowest BCUT2D eigenvalue weighted by Gasteiger charge is -2.25. The average Bonchev–Trinajstić information content (AvgIpc) is 3.21. The average molecular weight is 452 g/mol. The Labute approximate surface area is 183 Å². The number of hydrogen-bond acceptors (Lipinski definition) is 3. The zero-order valence-electron chi connectivity index (χ0n) is 17.7. The highest BCUT2D eigenvalue weighted by Gasteiger charge is 2.33. The summed E-state index contributed by atoms with van der Waals surface area (Å²) in [4.78, 5) is 26.1. The van der Waals surface area contributed by atoms with Gasteiger partial charge >= 0.3 is 6.36 Å². The van der Waals surface area contributed by atoms with Crippen LogP contribution < -0.4 is 10.1 Å². The first-order chi connectivity index (χ1) is 15.1. The lowest BCUT2D eigenvalue weighted by atomic mass is 10.0. The highest BCUT2D eigenvalue weighted by molar-refractivity contribution is 5.94. The summed E-state index contributed by atoms with van der Waals surface area (Å²) in [5, 5.41) is 2.96. The number of amides is 2. The molecule has 0 radical (unpaired) electrons. The van der Waals surface area contributed by atoms with E-state index >= 15 is 0 Å². The lowest BCUT2D eigenvalue weighted by molar-refractivity contribution is -0.275. The van der Waals surface area contributed by atoms with E-state index in [0.717, 1.165) is 25.0 Å². The number of carbonyl (C=O) groups is 2. The second-order valence-electron chi connectivity index (χ2n) is 7.77. The maximum absolute atomic E-state index is 14.0. The van der Waals surface area contributed by atoms with Crippen LogP contribution in [0.15, 0.2) is 42.5 Å². The number of carbonyl (C=O) groups excluding carboxylic acids is 2. The molecule has 0 saturated heterocycles. The van der Waals surface area contributed by atoms with Crippen LogP contribution >= 0.6 is 0 Å². The van der Waals surface area contributed by atoms with Crippen molar-refractivity contribution in [3.63, 3.8) is 0 Å². The smallest absolute Gasteiger partial charge is 0.403 e. The van der Waals surface area contributed by atoms with Gasteiger partial charge in [-0.15, -0.1) is 13.2 Å². The van der Waals surface area contributed by atoms with Crippen LogP contribution in [0.1, 0.15) is 43.0 Å². The maximum Gasteiger partial charge on any atom is 0.573 e. The molecule has 0 spiro atoms. The Bertz CT molecular complexity index is 976. The molecule has 172 valence electrons. The fraction of sp³-hybridized carbons (Fsp3) is 0.391. The minimum atomic E-state index is -4.97. The highest BCUT2D eigenvalue weighted by Crippen LogP contribution is 2.30. The molecule has 0 bridgehead atoms. The van der Waals surface area contributed by atoms with Gasteiger partial charge in [-0.05, 0) is 54.7 Å². The Kier molecular flexibility index (Phi) is 7.06. The molecule has 9 heteroatoms. The molecule has 32 heavy (non-hydrogen) atoms. The van der Waals surface area contributed by atoms with Gasteiger partial charge < -0.3 is 15.0 Å². The number of rotatable bonds is 6. The highest BCUT2D eigenvalue weighted by atomic mass is 19.4. The van der Waals surface area contributed by atoms with E-state index in [-0.39, 0.29) is 23.9 Å². The number of alkyl halides is 3. The van der Waals surface area contributed by atoms with Crippen molar-refractivity contribution in [3.05, 3.63) is 53.8 Å². The Morgan fingerprint density at radius 3 is 2.34 bits per heavy atom. The standard InChI is InChI=1S/C23H24F4N2O3/c1-3-21(30)28-17-9-10-18(13-17)29(2)22(31)15-6-4-14(5-7-15)16-8-11-20(19(24)12-16)32-23(25,26)27/h4-8,11-12,17-18H,3,9-10,13H2,1-2H3,(H,28,30)/t17-,18+/m0/s1. The van der Waals surface area contributed by atoms with Crippen LogP contribution in [0, 0.1) is 5.82 Å². The number of hydrogen-bond donors (Lipinski definition) is 1. The second-order valence-corrected chi connectivity index (χ2v) is 7.77. The van der Waals surface area contributed by atoms with Crippen molar-refractivity contribution in [2.75, 3.05) is 7.05 Å². The molecule has 5 nitrogen and oxygen atoms in total. The summed E-state index contributed by atoms with van der Waals surface area (Å²) in [7, 11) is 1.72. The van der Waals surface area contributed by atoms with Gasteiger partial charge in [0.25, 0.3) is 5.91 Å². The zero-order valence-corrected chi connectivity index (χ0v) is 17.7. The largest absolute Gasteiger partial charge is 0.573 e.